The first-order chi connectivity index (χ1) is 40.3. The molecule has 16 heteroatoms. The third-order valence-electron chi connectivity index (χ3n) is 15.0. The summed E-state index contributed by atoms with van der Waals surface area (Å²) in [6.45, 7) is 4.31. The van der Waals surface area contributed by atoms with Crippen molar-refractivity contribution in [3.05, 3.63) is 231 Å². The molecule has 412 valence electrons. The molecular formula is C67H49F5N6O5. The first-order valence-corrected chi connectivity index (χ1v) is 26.7. The molecule has 8 bridgehead atoms. The number of hydrogen-bond donors (Lipinski definition) is 4. The van der Waals surface area contributed by atoms with Crippen LogP contribution in [0, 0.1) is 42.9 Å². The van der Waals surface area contributed by atoms with Gasteiger partial charge in [0.2, 0.25) is 40.7 Å². The Labute approximate surface area is 472 Å². The maximum Gasteiger partial charge on any atom is 0.407 e. The van der Waals surface area contributed by atoms with E-state index in [9.17, 15) is 36.3 Å². The molecule has 0 spiro atoms. The molecule has 2 aliphatic heterocycles. The summed E-state index contributed by atoms with van der Waals surface area (Å²) in [5, 5.41) is 5.75. The molecule has 11 nitrogen and oxygen atoms in total. The Morgan fingerprint density at radius 1 is 0.494 bits per heavy atom. The van der Waals surface area contributed by atoms with E-state index >= 15 is 0 Å². The molecule has 1 aliphatic carbocycles. The third kappa shape index (κ3) is 10.6. The predicted molar refractivity (Wildman–Crippen MR) is 309 cm³/mol. The maximum atomic E-state index is 14.3. The number of amides is 2. The van der Waals surface area contributed by atoms with E-state index in [-0.39, 0.29) is 25.6 Å². The van der Waals surface area contributed by atoms with Gasteiger partial charge >= 0.3 is 12.1 Å². The van der Waals surface area contributed by atoms with Crippen LogP contribution in [0.4, 0.5) is 26.7 Å². The minimum absolute atomic E-state index is 0.0660. The van der Waals surface area contributed by atoms with Crippen molar-refractivity contribution in [2.24, 2.45) is 0 Å². The molecule has 9 aromatic rings. The molecule has 12 rings (SSSR count). The number of fused-ring (bicyclic) bond motifs is 11. The molecule has 4 N–H and O–H groups in total. The standard InChI is InChI=1S/C67H49F5N6O5/c1-36-11-17-39(18-12-36)58-50-25-23-48(75-50)46(34-73-56(79)31-32-57(80)83-66-64(71)62(69)61(68)63(70)65(66)72)49-24-26-51(76-49)59(40-19-13-37(2)14-20-40)53-28-30-55(78-53)60(54-29-27-52(58)77-54)41-21-15-38(16-22-41)33-74-67(81)82-35-47-44-9-5-3-7-42(44)43-8-4-6-10-45(43)47/h3-30,47,75,78H,31-35H2,1-2H3,(H,73,79)(H,74,81). The van der Waals surface area contributed by atoms with Crippen LogP contribution < -0.4 is 15.4 Å². The largest absolute Gasteiger partial charge is 0.449 e. The number of nitrogens with zero attached hydrogens (tertiary/aromatic N) is 2. The molecule has 0 fully saturated rings. The average molecular weight is 1110 g/mol. The van der Waals surface area contributed by atoms with Crippen molar-refractivity contribution in [2.75, 3.05) is 6.61 Å². The van der Waals surface area contributed by atoms with Gasteiger partial charge in [0.15, 0.2) is 0 Å². The predicted octanol–water partition coefficient (Wildman–Crippen LogP) is 15.0. The van der Waals surface area contributed by atoms with E-state index in [1.54, 1.807) is 0 Å². The number of nitrogens with one attached hydrogen (secondary N) is 4. The van der Waals surface area contributed by atoms with Gasteiger partial charge in [-0.15, -0.1) is 0 Å². The van der Waals surface area contributed by atoms with E-state index in [0.717, 1.165) is 83.4 Å². The molecule has 6 aromatic carbocycles. The lowest BCUT2D eigenvalue weighted by Gasteiger charge is -2.14. The molecule has 0 saturated heterocycles. The van der Waals surface area contributed by atoms with Crippen LogP contribution in [-0.2, 0) is 27.4 Å². The van der Waals surface area contributed by atoms with Crippen LogP contribution >= 0.6 is 0 Å². The lowest BCUT2D eigenvalue weighted by atomic mass is 9.98. The van der Waals surface area contributed by atoms with Gasteiger partial charge in [0.25, 0.3) is 0 Å². The van der Waals surface area contributed by atoms with Crippen LogP contribution in [0.1, 0.15) is 74.9 Å². The van der Waals surface area contributed by atoms with Crippen molar-refractivity contribution < 1.29 is 45.8 Å². The number of alkyl carbamates (subject to hydrolysis) is 1. The van der Waals surface area contributed by atoms with E-state index in [0.29, 0.717) is 39.4 Å². The quantitative estimate of drug-likeness (QED) is 0.0295. The summed E-state index contributed by atoms with van der Waals surface area (Å²) in [6, 6.07) is 48.3. The number of halogens is 5. The minimum Gasteiger partial charge on any atom is -0.449 e. The second kappa shape index (κ2) is 22.4. The fourth-order valence-corrected chi connectivity index (χ4v) is 10.7. The Morgan fingerprint density at radius 2 is 0.940 bits per heavy atom. The summed E-state index contributed by atoms with van der Waals surface area (Å²) in [4.78, 5) is 57.2. The number of carbonyl (C=O) groups is 3. The number of H-pyrrole nitrogens is 2. The highest BCUT2D eigenvalue weighted by molar-refractivity contribution is 5.98. The normalized spacial score (nSPS) is 12.3. The number of hydrogen-bond acceptors (Lipinski definition) is 7. The van der Waals surface area contributed by atoms with Crippen LogP contribution in [0.15, 0.2) is 146 Å². The van der Waals surface area contributed by atoms with Crippen LogP contribution in [0.5, 0.6) is 5.75 Å². The molecule has 0 unspecified atom stereocenters. The van der Waals surface area contributed by atoms with Crippen molar-refractivity contribution in [2.45, 2.75) is 45.7 Å². The van der Waals surface area contributed by atoms with Crippen LogP contribution in [0.25, 0.3) is 90.9 Å². The summed E-state index contributed by atoms with van der Waals surface area (Å²) in [5.41, 5.74) is 18.3. The minimum atomic E-state index is -2.40. The molecule has 3 aromatic heterocycles. The molecule has 0 saturated carbocycles. The number of ether oxygens (including phenoxy) is 2. The Hall–Kier alpha value is -10.2. The van der Waals surface area contributed by atoms with Crippen molar-refractivity contribution in [3.63, 3.8) is 0 Å². The van der Waals surface area contributed by atoms with Crippen molar-refractivity contribution in [1.29, 1.82) is 0 Å². The van der Waals surface area contributed by atoms with Crippen LogP contribution in [-0.4, -0.2) is 44.5 Å². The molecule has 5 heterocycles. The van der Waals surface area contributed by atoms with Gasteiger partial charge < -0.3 is 30.1 Å². The number of aryl methyl sites for hydroxylation is 2. The highest BCUT2D eigenvalue weighted by atomic mass is 19.2. The van der Waals surface area contributed by atoms with Gasteiger partial charge in [-0.2, -0.15) is 8.78 Å². The number of carbonyl (C=O) groups excluding carboxylic acids is 3. The smallest absolute Gasteiger partial charge is 0.407 e. The highest BCUT2D eigenvalue weighted by Crippen LogP contribution is 2.45. The number of aromatic amines is 2. The van der Waals surface area contributed by atoms with Crippen LogP contribution in [0.2, 0.25) is 0 Å². The van der Waals surface area contributed by atoms with E-state index in [2.05, 4.69) is 49.6 Å². The van der Waals surface area contributed by atoms with Gasteiger partial charge in [-0.25, -0.2) is 27.9 Å². The molecule has 0 atom stereocenters. The second-order valence-electron chi connectivity index (χ2n) is 20.4. The van der Waals surface area contributed by atoms with E-state index in [4.69, 9.17) is 14.7 Å². The van der Waals surface area contributed by atoms with Crippen molar-refractivity contribution in [1.82, 2.24) is 30.6 Å². The van der Waals surface area contributed by atoms with Crippen LogP contribution in [0.3, 0.4) is 0 Å². The number of esters is 1. The Bertz CT molecular complexity index is 4220. The third-order valence-corrected chi connectivity index (χ3v) is 15.0. The first-order valence-electron chi connectivity index (χ1n) is 26.7. The zero-order valence-electron chi connectivity index (χ0n) is 44.6. The zero-order valence-corrected chi connectivity index (χ0v) is 44.6. The summed E-state index contributed by atoms with van der Waals surface area (Å²) < 4.78 is 80.3. The van der Waals surface area contributed by atoms with Gasteiger partial charge in [-0.05, 0) is 107 Å². The Kier molecular flexibility index (Phi) is 14.4. The first kappa shape index (κ1) is 53.4. The summed E-state index contributed by atoms with van der Waals surface area (Å²) in [6.07, 6.45) is 5.85. The summed E-state index contributed by atoms with van der Waals surface area (Å²) in [5.74, 6) is -15.5. The highest BCUT2D eigenvalue weighted by Gasteiger charge is 2.31. The van der Waals surface area contributed by atoms with E-state index < -0.39 is 65.6 Å². The SMILES string of the molecule is Cc1ccc(-c2c3nc(c(-c4ccc(CNC(=O)OCC5c6ccccc6-c6ccccc65)cc4)c4ccc([nH]4)c(-c4ccc(C)cc4)c4nc(c(CNC(=O)CCC(=O)Oc5c(F)c(F)c(F)c(F)c5F)c5ccc2[nH]5)C=C4)C=C3)cc1. The molecule has 83 heavy (non-hydrogen) atoms. The molecule has 2 amide bonds. The summed E-state index contributed by atoms with van der Waals surface area (Å²) >= 11 is 0. The lowest BCUT2D eigenvalue weighted by molar-refractivity contribution is -0.136. The zero-order chi connectivity index (χ0) is 57.5. The second-order valence-corrected chi connectivity index (χ2v) is 20.4. The van der Waals surface area contributed by atoms with Gasteiger partial charge in [0, 0.05) is 69.7 Å². The summed E-state index contributed by atoms with van der Waals surface area (Å²) in [7, 11) is 0. The number of aromatic nitrogens is 4. The van der Waals surface area contributed by atoms with E-state index in [1.807, 2.05) is 159 Å². The fourth-order valence-electron chi connectivity index (χ4n) is 10.7. The lowest BCUT2D eigenvalue weighted by Crippen LogP contribution is -2.25. The molecule has 3 aliphatic rings. The Morgan fingerprint density at radius 3 is 1.47 bits per heavy atom. The van der Waals surface area contributed by atoms with Crippen molar-refractivity contribution >= 4 is 64.3 Å². The average Bonchev–Trinajstić information content (AvgIpc) is 4.48. The van der Waals surface area contributed by atoms with Gasteiger partial charge in [-0.3, -0.25) is 9.59 Å². The topological polar surface area (TPSA) is 151 Å². The van der Waals surface area contributed by atoms with Crippen molar-refractivity contribution in [3.8, 4) is 50.3 Å². The van der Waals surface area contributed by atoms with Gasteiger partial charge in [0.05, 0.1) is 29.2 Å². The maximum absolute atomic E-state index is 14.3. The Balaban J connectivity index is 0.898. The van der Waals surface area contributed by atoms with Gasteiger partial charge in [0.1, 0.15) is 6.61 Å². The monoisotopic (exact) mass is 1110 g/mol. The number of rotatable bonds is 13. The van der Waals surface area contributed by atoms with Gasteiger partial charge in [-0.1, -0.05) is 132 Å². The van der Waals surface area contributed by atoms with E-state index in [1.165, 1.54) is 0 Å². The molecule has 0 radical (unpaired) electrons. The molecular weight excluding hydrogens is 1060 g/mol. The number of benzene rings is 6. The fraction of sp³-hybridized carbons (Fsp3) is 0.119.